The molecule has 20 heavy (non-hydrogen) atoms. The van der Waals surface area contributed by atoms with E-state index in [-0.39, 0.29) is 0 Å². The Morgan fingerprint density at radius 1 is 1.40 bits per heavy atom. The molecule has 0 bridgehead atoms. The van der Waals surface area contributed by atoms with Gasteiger partial charge in [-0.3, -0.25) is 0 Å². The van der Waals surface area contributed by atoms with Crippen LogP contribution in [0.5, 0.6) is 5.75 Å². The lowest BCUT2D eigenvalue weighted by Gasteiger charge is -2.10. The van der Waals surface area contributed by atoms with Crippen LogP contribution >= 0.6 is 11.6 Å². The van der Waals surface area contributed by atoms with Gasteiger partial charge in [0, 0.05) is 24.1 Å². The summed E-state index contributed by atoms with van der Waals surface area (Å²) in [5.74, 6) is 1.55. The molecule has 0 radical (unpaired) electrons. The molecule has 6 nitrogen and oxygen atoms in total. The number of methoxy groups -OCH3 is 1. The lowest BCUT2D eigenvalue weighted by atomic mass is 10.3. The first-order chi connectivity index (χ1) is 9.67. The Hall–Kier alpha value is -2.47. The largest absolute Gasteiger partial charge is 0.495 e. The molecule has 1 aromatic carbocycles. The van der Waals surface area contributed by atoms with E-state index >= 15 is 0 Å². The van der Waals surface area contributed by atoms with Crippen molar-refractivity contribution < 1.29 is 4.74 Å². The van der Waals surface area contributed by atoms with Crippen molar-refractivity contribution in [1.82, 2.24) is 14.4 Å². The molecule has 0 amide bonds. The third-order valence-electron chi connectivity index (χ3n) is 2.81. The number of hydrogen-bond donors (Lipinski definition) is 2. The number of nitrogen functional groups attached to an aromatic ring is 1. The van der Waals surface area contributed by atoms with E-state index in [0.717, 1.165) is 5.69 Å². The number of nitrogens with two attached hydrogens (primary N) is 1. The van der Waals surface area contributed by atoms with Crippen molar-refractivity contribution in [2.75, 3.05) is 18.2 Å². The van der Waals surface area contributed by atoms with E-state index in [2.05, 4.69) is 15.3 Å². The smallest absolute Gasteiger partial charge is 0.180 e. The number of nitrogens with one attached hydrogen (secondary N) is 1. The van der Waals surface area contributed by atoms with Crippen LogP contribution < -0.4 is 15.8 Å². The van der Waals surface area contributed by atoms with Crippen molar-refractivity contribution >= 4 is 34.6 Å². The van der Waals surface area contributed by atoms with Gasteiger partial charge in [0.2, 0.25) is 0 Å². The summed E-state index contributed by atoms with van der Waals surface area (Å²) < 4.78 is 6.99. The molecule has 102 valence electrons. The van der Waals surface area contributed by atoms with E-state index in [1.54, 1.807) is 42.2 Å². The summed E-state index contributed by atoms with van der Waals surface area (Å²) in [5.41, 5.74) is 7.25. The van der Waals surface area contributed by atoms with Crippen molar-refractivity contribution in [2.45, 2.75) is 0 Å². The normalized spacial score (nSPS) is 10.7. The van der Waals surface area contributed by atoms with Gasteiger partial charge >= 0.3 is 0 Å². The zero-order valence-electron chi connectivity index (χ0n) is 10.7. The molecule has 0 aliphatic heterocycles. The van der Waals surface area contributed by atoms with Crippen LogP contribution in [0.25, 0.3) is 5.65 Å². The van der Waals surface area contributed by atoms with Crippen molar-refractivity contribution in [3.05, 3.63) is 41.8 Å². The van der Waals surface area contributed by atoms with Crippen LogP contribution in [0, 0.1) is 0 Å². The van der Waals surface area contributed by atoms with Gasteiger partial charge in [0.15, 0.2) is 11.5 Å². The van der Waals surface area contributed by atoms with Gasteiger partial charge < -0.3 is 20.2 Å². The van der Waals surface area contributed by atoms with Gasteiger partial charge in [0.25, 0.3) is 0 Å². The van der Waals surface area contributed by atoms with Crippen LogP contribution in [0.15, 0.2) is 36.8 Å². The molecule has 0 unspecified atom stereocenters. The van der Waals surface area contributed by atoms with Crippen LogP contribution in [-0.4, -0.2) is 21.5 Å². The van der Waals surface area contributed by atoms with Crippen LogP contribution in [0.1, 0.15) is 0 Å². The van der Waals surface area contributed by atoms with Gasteiger partial charge in [-0.1, -0.05) is 11.6 Å². The number of nitrogens with zero attached hydrogens (tertiary/aromatic N) is 3. The maximum absolute atomic E-state index is 6.00. The van der Waals surface area contributed by atoms with Gasteiger partial charge in [0.05, 0.1) is 18.3 Å². The summed E-state index contributed by atoms with van der Waals surface area (Å²) in [6.07, 6.45) is 5.20. The summed E-state index contributed by atoms with van der Waals surface area (Å²) in [7, 11) is 1.57. The molecule has 0 saturated carbocycles. The average molecular weight is 290 g/mol. The molecule has 2 aromatic heterocycles. The predicted molar refractivity (Wildman–Crippen MR) is 78.7 cm³/mol. The number of anilines is 3. The average Bonchev–Trinajstić information content (AvgIpc) is 2.89. The second kappa shape index (κ2) is 4.90. The first kappa shape index (κ1) is 12.6. The van der Waals surface area contributed by atoms with Crippen LogP contribution in [0.2, 0.25) is 5.02 Å². The van der Waals surface area contributed by atoms with E-state index in [4.69, 9.17) is 22.1 Å². The van der Waals surface area contributed by atoms with Gasteiger partial charge in [-0.15, -0.1) is 0 Å². The second-order valence-electron chi connectivity index (χ2n) is 4.15. The highest BCUT2D eigenvalue weighted by Gasteiger charge is 2.08. The van der Waals surface area contributed by atoms with Gasteiger partial charge in [-0.05, 0) is 12.1 Å². The molecular formula is C13H12ClN5O. The highest BCUT2D eigenvalue weighted by molar-refractivity contribution is 6.32. The molecule has 3 rings (SSSR count). The number of halogens is 1. The van der Waals surface area contributed by atoms with E-state index in [0.29, 0.717) is 28.1 Å². The number of fused-ring (bicyclic) bond motifs is 1. The second-order valence-corrected chi connectivity index (χ2v) is 4.55. The quantitative estimate of drug-likeness (QED) is 0.775. The maximum Gasteiger partial charge on any atom is 0.180 e. The Bertz CT molecular complexity index is 771. The van der Waals surface area contributed by atoms with Gasteiger partial charge in [-0.25, -0.2) is 9.97 Å². The van der Waals surface area contributed by atoms with Gasteiger partial charge in [-0.2, -0.15) is 0 Å². The molecular weight excluding hydrogens is 278 g/mol. The highest BCUT2D eigenvalue weighted by atomic mass is 35.5. The van der Waals surface area contributed by atoms with Crippen LogP contribution in [-0.2, 0) is 0 Å². The molecule has 3 aromatic rings. The Labute approximate surface area is 120 Å². The van der Waals surface area contributed by atoms with Crippen molar-refractivity contribution in [1.29, 1.82) is 0 Å². The predicted octanol–water partition coefficient (Wildman–Crippen LogP) is 2.72. The number of benzene rings is 1. The molecule has 0 spiro atoms. The zero-order chi connectivity index (χ0) is 14.1. The first-order valence-corrected chi connectivity index (χ1v) is 6.25. The summed E-state index contributed by atoms with van der Waals surface area (Å²) in [6, 6.07) is 5.36. The van der Waals surface area contributed by atoms with Gasteiger partial charge in [0.1, 0.15) is 11.6 Å². The molecule has 0 aliphatic carbocycles. The van der Waals surface area contributed by atoms with Crippen molar-refractivity contribution in [3.8, 4) is 5.75 Å². The van der Waals surface area contributed by atoms with Crippen molar-refractivity contribution in [2.24, 2.45) is 0 Å². The first-order valence-electron chi connectivity index (χ1n) is 5.87. The lowest BCUT2D eigenvalue weighted by Crippen LogP contribution is -2.02. The number of rotatable bonds is 3. The third kappa shape index (κ3) is 2.21. The summed E-state index contributed by atoms with van der Waals surface area (Å²) >= 11 is 6.00. The molecule has 0 atom stereocenters. The minimum Gasteiger partial charge on any atom is -0.495 e. The molecule has 3 N–H and O–H groups in total. The number of ether oxygens (including phenoxy) is 1. The number of aromatic nitrogens is 3. The van der Waals surface area contributed by atoms with E-state index in [1.165, 1.54) is 0 Å². The number of hydrogen-bond acceptors (Lipinski definition) is 5. The summed E-state index contributed by atoms with van der Waals surface area (Å²) in [4.78, 5) is 8.50. The highest BCUT2D eigenvalue weighted by Crippen LogP contribution is 2.29. The van der Waals surface area contributed by atoms with E-state index in [1.807, 2.05) is 6.07 Å². The summed E-state index contributed by atoms with van der Waals surface area (Å²) in [6.45, 7) is 0. The molecule has 0 saturated heterocycles. The number of imidazole rings is 1. The SMILES string of the molecule is COc1cc(Nc2nc(N)cn3ccnc23)ccc1Cl. The fourth-order valence-electron chi connectivity index (χ4n) is 1.91. The van der Waals surface area contributed by atoms with Crippen LogP contribution in [0.4, 0.5) is 17.3 Å². The minimum atomic E-state index is 0.402. The topological polar surface area (TPSA) is 77.5 Å². The Morgan fingerprint density at radius 3 is 3.05 bits per heavy atom. The monoisotopic (exact) mass is 289 g/mol. The molecule has 0 aliphatic rings. The molecule has 0 fully saturated rings. The Balaban J connectivity index is 2.02. The molecule has 7 heteroatoms. The molecule has 2 heterocycles. The Morgan fingerprint density at radius 2 is 2.25 bits per heavy atom. The van der Waals surface area contributed by atoms with Crippen LogP contribution in [0.3, 0.4) is 0 Å². The Kier molecular flexibility index (Phi) is 3.08. The van der Waals surface area contributed by atoms with E-state index < -0.39 is 0 Å². The summed E-state index contributed by atoms with van der Waals surface area (Å²) in [5, 5.41) is 3.71. The van der Waals surface area contributed by atoms with E-state index in [9.17, 15) is 0 Å². The fraction of sp³-hybridized carbons (Fsp3) is 0.0769. The minimum absolute atomic E-state index is 0.402. The fourth-order valence-corrected chi connectivity index (χ4v) is 2.10. The van der Waals surface area contributed by atoms with Crippen molar-refractivity contribution in [3.63, 3.8) is 0 Å². The lowest BCUT2D eigenvalue weighted by molar-refractivity contribution is 0.415. The third-order valence-corrected chi connectivity index (χ3v) is 3.12. The zero-order valence-corrected chi connectivity index (χ0v) is 11.4. The maximum atomic E-state index is 6.00. The standard InChI is InChI=1S/C13H12ClN5O/c1-20-10-6-8(2-3-9(10)14)17-12-13-16-4-5-19(13)7-11(15)18-12/h2-7H,15H2,1H3,(H,17,18).